The molecule has 0 atom stereocenters. The highest BCUT2D eigenvalue weighted by Crippen LogP contribution is 2.01. The summed E-state index contributed by atoms with van der Waals surface area (Å²) in [5.74, 6) is 0. The molecular weight excluding hydrogens is 224 g/mol. The smallest absolute Gasteiger partial charge is 0.287 e. The molecule has 0 amide bonds. The molecule has 0 radical (unpaired) electrons. The quantitative estimate of drug-likeness (QED) is 0.376. The molecule has 0 aliphatic rings. The fraction of sp³-hybridized carbons (Fsp3) is 0.286. The van der Waals surface area contributed by atoms with Crippen molar-refractivity contribution in [3.8, 4) is 0 Å². The summed E-state index contributed by atoms with van der Waals surface area (Å²) >= 11 is 4.57. The molecule has 0 aromatic rings. The molecule has 0 aliphatic heterocycles. The van der Waals surface area contributed by atoms with E-state index < -0.39 is 10.1 Å². The first-order chi connectivity index (χ1) is 6.20. The van der Waals surface area contributed by atoms with E-state index in [1.165, 1.54) is 13.0 Å². The Kier molecular flexibility index (Phi) is 4.75. The Balaban J connectivity index is 4.67. The Labute approximate surface area is 88.4 Å². The lowest BCUT2D eigenvalue weighted by Gasteiger charge is -2.02. The van der Waals surface area contributed by atoms with Gasteiger partial charge in [-0.15, -0.1) is 0 Å². The van der Waals surface area contributed by atoms with Gasteiger partial charge in [-0.1, -0.05) is 0 Å². The van der Waals surface area contributed by atoms with Gasteiger partial charge >= 0.3 is 0 Å². The summed E-state index contributed by atoms with van der Waals surface area (Å²) in [4.78, 5) is 0. The molecule has 0 bridgehead atoms. The van der Waals surface area contributed by atoms with Crippen LogP contribution in [0.4, 0.5) is 0 Å². The van der Waals surface area contributed by atoms with Gasteiger partial charge in [0.15, 0.2) is 5.11 Å². The lowest BCUT2D eigenvalue weighted by molar-refractivity contribution is 0.494. The van der Waals surface area contributed by atoms with E-state index in [-0.39, 0.29) is 5.11 Å². The number of allylic oxidation sites excluding steroid dienone is 3. The van der Waals surface area contributed by atoms with Crippen LogP contribution in [0.25, 0.3) is 0 Å². The number of thiocarbonyl (C=S) groups is 1. The van der Waals surface area contributed by atoms with Crippen LogP contribution in [0, 0.1) is 0 Å². The van der Waals surface area contributed by atoms with Gasteiger partial charge < -0.3 is 11.1 Å². The average molecular weight is 236 g/mol. The highest BCUT2D eigenvalue weighted by atomic mass is 32.2. The summed E-state index contributed by atoms with van der Waals surface area (Å²) in [6, 6.07) is 0. The molecule has 0 saturated carbocycles. The van der Waals surface area contributed by atoms with Crippen LogP contribution < -0.4 is 11.1 Å². The van der Waals surface area contributed by atoms with Crippen molar-refractivity contribution in [2.75, 3.05) is 0 Å². The Morgan fingerprint density at radius 1 is 1.50 bits per heavy atom. The molecule has 5 nitrogen and oxygen atoms in total. The van der Waals surface area contributed by atoms with Gasteiger partial charge in [-0.3, -0.25) is 4.55 Å². The van der Waals surface area contributed by atoms with E-state index in [0.717, 1.165) is 5.41 Å². The lowest BCUT2D eigenvalue weighted by atomic mass is 10.3. The van der Waals surface area contributed by atoms with Crippen LogP contribution >= 0.6 is 12.2 Å². The van der Waals surface area contributed by atoms with Crippen molar-refractivity contribution in [1.29, 1.82) is 0 Å². The second kappa shape index (κ2) is 5.08. The van der Waals surface area contributed by atoms with Crippen molar-refractivity contribution in [1.82, 2.24) is 5.32 Å². The molecule has 0 aromatic carbocycles. The molecule has 0 spiro atoms. The molecule has 0 unspecified atom stereocenters. The van der Waals surface area contributed by atoms with E-state index in [1.807, 2.05) is 0 Å². The van der Waals surface area contributed by atoms with E-state index in [9.17, 15) is 8.42 Å². The van der Waals surface area contributed by atoms with Crippen molar-refractivity contribution in [3.63, 3.8) is 0 Å². The summed E-state index contributed by atoms with van der Waals surface area (Å²) in [6.07, 6.45) is 1.49. The van der Waals surface area contributed by atoms with E-state index in [1.54, 1.807) is 6.92 Å². The number of nitrogens with two attached hydrogens (primary N) is 1. The molecule has 0 aliphatic carbocycles. The van der Waals surface area contributed by atoms with E-state index in [2.05, 4.69) is 17.5 Å². The van der Waals surface area contributed by atoms with Crippen molar-refractivity contribution in [2.45, 2.75) is 13.8 Å². The van der Waals surface area contributed by atoms with Crippen LogP contribution in [0.5, 0.6) is 0 Å². The number of rotatable bonds is 3. The Hall–Kier alpha value is -0.920. The fourth-order valence-corrected chi connectivity index (χ4v) is 1.54. The van der Waals surface area contributed by atoms with Gasteiger partial charge in [-0.2, -0.15) is 8.42 Å². The minimum Gasteiger partial charge on any atom is -0.376 e. The minimum atomic E-state index is -4.10. The van der Waals surface area contributed by atoms with Crippen LogP contribution in [0.2, 0.25) is 0 Å². The van der Waals surface area contributed by atoms with E-state index in [0.29, 0.717) is 11.3 Å². The van der Waals surface area contributed by atoms with Gasteiger partial charge in [0.2, 0.25) is 0 Å². The topological polar surface area (TPSA) is 92.4 Å². The zero-order chi connectivity index (χ0) is 11.4. The number of hydrogen-bond donors (Lipinski definition) is 3. The summed E-state index contributed by atoms with van der Waals surface area (Å²) < 4.78 is 29.3. The van der Waals surface area contributed by atoms with Crippen LogP contribution in [0.1, 0.15) is 13.8 Å². The molecule has 0 rings (SSSR count). The SMILES string of the molecule is CC(=C\S(=O)(=O)O)/C=C(\C)NC(N)=S. The van der Waals surface area contributed by atoms with Crippen LogP contribution in [-0.4, -0.2) is 18.1 Å². The van der Waals surface area contributed by atoms with Crippen LogP contribution in [-0.2, 0) is 10.1 Å². The van der Waals surface area contributed by atoms with Crippen molar-refractivity contribution < 1.29 is 13.0 Å². The van der Waals surface area contributed by atoms with Gasteiger partial charge in [-0.25, -0.2) is 0 Å². The summed E-state index contributed by atoms with van der Waals surface area (Å²) in [6.45, 7) is 3.19. The summed E-state index contributed by atoms with van der Waals surface area (Å²) in [5.41, 5.74) is 6.15. The standard InChI is InChI=1S/C7H12N2O3S2/c1-5(4-14(10,11)12)3-6(2)9-7(8)13/h3-4H,1-2H3,(H3,8,9,13)(H,10,11,12)/b5-4+,6-3+. The molecule has 0 heterocycles. The minimum absolute atomic E-state index is 0.0957. The number of nitrogens with one attached hydrogen (secondary N) is 1. The highest BCUT2D eigenvalue weighted by Gasteiger charge is 1.98. The van der Waals surface area contributed by atoms with E-state index >= 15 is 0 Å². The highest BCUT2D eigenvalue weighted by molar-refractivity contribution is 7.88. The van der Waals surface area contributed by atoms with Crippen molar-refractivity contribution in [2.24, 2.45) is 5.73 Å². The first-order valence-corrected chi connectivity index (χ1v) is 5.52. The molecule has 0 aromatic heterocycles. The maximum Gasteiger partial charge on any atom is 0.287 e. The molecule has 80 valence electrons. The average Bonchev–Trinajstić information content (AvgIpc) is 1.77. The second-order valence-electron chi connectivity index (χ2n) is 2.69. The monoisotopic (exact) mass is 236 g/mol. The van der Waals surface area contributed by atoms with Gasteiger partial charge in [0.25, 0.3) is 10.1 Å². The molecular formula is C7H12N2O3S2. The maximum absolute atomic E-state index is 10.4. The maximum atomic E-state index is 10.4. The normalized spacial score (nSPS) is 13.9. The molecule has 0 saturated heterocycles. The zero-order valence-corrected chi connectivity index (χ0v) is 9.45. The Bertz CT molecular complexity index is 382. The zero-order valence-electron chi connectivity index (χ0n) is 7.81. The van der Waals surface area contributed by atoms with Gasteiger partial charge in [0, 0.05) is 5.70 Å². The first kappa shape index (κ1) is 13.1. The summed E-state index contributed by atoms with van der Waals surface area (Å²) in [5, 5.41) is 3.44. The molecule has 4 N–H and O–H groups in total. The molecule has 0 fully saturated rings. The van der Waals surface area contributed by atoms with Crippen LogP contribution in [0.3, 0.4) is 0 Å². The van der Waals surface area contributed by atoms with Crippen molar-refractivity contribution >= 4 is 27.4 Å². The second-order valence-corrected chi connectivity index (χ2v) is 4.40. The van der Waals surface area contributed by atoms with Crippen molar-refractivity contribution in [3.05, 3.63) is 22.8 Å². The molecule has 7 heteroatoms. The van der Waals surface area contributed by atoms with Gasteiger partial charge in [0.1, 0.15) is 0 Å². The van der Waals surface area contributed by atoms with E-state index in [4.69, 9.17) is 10.3 Å². The predicted octanol–water partition coefficient (Wildman–Crippen LogP) is 0.515. The summed E-state index contributed by atoms with van der Waals surface area (Å²) in [7, 11) is -4.10. The lowest BCUT2D eigenvalue weighted by Crippen LogP contribution is -2.27. The molecule has 14 heavy (non-hydrogen) atoms. The third-order valence-corrected chi connectivity index (χ3v) is 1.87. The third kappa shape index (κ3) is 7.71. The largest absolute Gasteiger partial charge is 0.376 e. The Morgan fingerprint density at radius 2 is 2.00 bits per heavy atom. The number of hydrogen-bond acceptors (Lipinski definition) is 3. The third-order valence-electron chi connectivity index (χ3n) is 1.10. The van der Waals surface area contributed by atoms with Crippen LogP contribution in [0.15, 0.2) is 22.8 Å². The predicted molar refractivity (Wildman–Crippen MR) is 59.0 cm³/mol. The van der Waals surface area contributed by atoms with Gasteiger partial charge in [0.05, 0.1) is 5.41 Å². The fourth-order valence-electron chi connectivity index (χ4n) is 0.841. The van der Waals surface area contributed by atoms with Gasteiger partial charge in [-0.05, 0) is 37.7 Å². The first-order valence-electron chi connectivity index (χ1n) is 3.61. The Morgan fingerprint density at radius 3 is 2.36 bits per heavy atom.